The fourth-order valence-electron chi connectivity index (χ4n) is 1.90. The monoisotopic (exact) mass is 358 g/mol. The lowest BCUT2D eigenvalue weighted by atomic mass is 10.1. The van der Waals surface area contributed by atoms with Gasteiger partial charge in [0.05, 0.1) is 13.0 Å². The van der Waals surface area contributed by atoms with Crippen LogP contribution in [0.5, 0.6) is 0 Å². The summed E-state index contributed by atoms with van der Waals surface area (Å²) in [6.07, 6.45) is 0.369. The van der Waals surface area contributed by atoms with Crippen LogP contribution in [0.4, 0.5) is 0 Å². The van der Waals surface area contributed by atoms with Crippen LogP contribution in [0, 0.1) is 3.57 Å². The van der Waals surface area contributed by atoms with Gasteiger partial charge in [0.2, 0.25) is 11.8 Å². The first-order valence-electron chi connectivity index (χ1n) is 5.82. The molecule has 2 amide bonds. The maximum Gasteiger partial charge on any atom is 0.241 e. The number of hydrogen-bond acceptors (Lipinski definition) is 2. The predicted molar refractivity (Wildman–Crippen MR) is 77.1 cm³/mol. The Morgan fingerprint density at radius 1 is 1.39 bits per heavy atom. The molecule has 0 aromatic heterocycles. The van der Waals surface area contributed by atoms with Crippen LogP contribution in [0.25, 0.3) is 0 Å². The summed E-state index contributed by atoms with van der Waals surface area (Å²) in [5, 5.41) is 0. The molecule has 0 atom stereocenters. The summed E-state index contributed by atoms with van der Waals surface area (Å²) in [5.41, 5.74) is 0.998. The molecule has 0 spiro atoms. The van der Waals surface area contributed by atoms with E-state index in [1.807, 2.05) is 24.3 Å². The lowest BCUT2D eigenvalue weighted by Gasteiger charge is -2.32. The standard InChI is InChI=1S/C13H15IN2O2/c1-15-5-6-16(9-13(15)18)12(17)8-10-3-2-4-11(14)7-10/h2-4,7H,5-6,8-9H2,1H3. The van der Waals surface area contributed by atoms with Crippen LogP contribution in [0.15, 0.2) is 24.3 Å². The Labute approximate surface area is 120 Å². The highest BCUT2D eigenvalue weighted by Crippen LogP contribution is 2.10. The number of likely N-dealkylation sites (N-methyl/N-ethyl adjacent to an activating group) is 1. The van der Waals surface area contributed by atoms with Crippen LogP contribution in [-0.2, 0) is 16.0 Å². The highest BCUT2D eigenvalue weighted by atomic mass is 127. The maximum atomic E-state index is 12.1. The zero-order chi connectivity index (χ0) is 13.1. The van der Waals surface area contributed by atoms with Crippen molar-refractivity contribution in [3.8, 4) is 0 Å². The second-order valence-electron chi connectivity index (χ2n) is 4.44. The van der Waals surface area contributed by atoms with E-state index in [-0.39, 0.29) is 18.4 Å². The normalized spacial score (nSPS) is 16.0. The summed E-state index contributed by atoms with van der Waals surface area (Å²) in [7, 11) is 1.77. The Hall–Kier alpha value is -1.11. The second-order valence-corrected chi connectivity index (χ2v) is 5.68. The third kappa shape index (κ3) is 3.22. The van der Waals surface area contributed by atoms with Crippen molar-refractivity contribution in [1.29, 1.82) is 0 Å². The third-order valence-electron chi connectivity index (χ3n) is 3.05. The number of piperazine rings is 1. The molecule has 4 nitrogen and oxygen atoms in total. The SMILES string of the molecule is CN1CCN(C(=O)Cc2cccc(I)c2)CC1=O. The predicted octanol–water partition coefficient (Wildman–Crippen LogP) is 1.13. The van der Waals surface area contributed by atoms with Crippen LogP contribution in [0.3, 0.4) is 0 Å². The summed E-state index contributed by atoms with van der Waals surface area (Å²) < 4.78 is 1.12. The molecule has 5 heteroatoms. The topological polar surface area (TPSA) is 40.6 Å². The van der Waals surface area contributed by atoms with Gasteiger partial charge in [-0.25, -0.2) is 0 Å². The lowest BCUT2D eigenvalue weighted by molar-refractivity contribution is -0.143. The Morgan fingerprint density at radius 3 is 2.83 bits per heavy atom. The van der Waals surface area contributed by atoms with E-state index in [1.165, 1.54) is 0 Å². The second kappa shape index (κ2) is 5.69. The van der Waals surface area contributed by atoms with Gasteiger partial charge in [-0.15, -0.1) is 0 Å². The van der Waals surface area contributed by atoms with E-state index in [0.29, 0.717) is 19.5 Å². The van der Waals surface area contributed by atoms with E-state index in [4.69, 9.17) is 0 Å². The van der Waals surface area contributed by atoms with Crippen molar-refractivity contribution in [3.63, 3.8) is 0 Å². The zero-order valence-corrected chi connectivity index (χ0v) is 12.4. The molecular weight excluding hydrogens is 343 g/mol. The number of carbonyl (C=O) groups excluding carboxylic acids is 2. The van der Waals surface area contributed by atoms with Crippen molar-refractivity contribution in [1.82, 2.24) is 9.80 Å². The van der Waals surface area contributed by atoms with Gasteiger partial charge in [-0.05, 0) is 40.3 Å². The van der Waals surface area contributed by atoms with Crippen molar-refractivity contribution in [3.05, 3.63) is 33.4 Å². The van der Waals surface area contributed by atoms with Crippen molar-refractivity contribution in [2.75, 3.05) is 26.7 Å². The van der Waals surface area contributed by atoms with Gasteiger partial charge in [-0.2, -0.15) is 0 Å². The van der Waals surface area contributed by atoms with Crippen LogP contribution >= 0.6 is 22.6 Å². The Kier molecular flexibility index (Phi) is 4.21. The molecule has 1 saturated heterocycles. The van der Waals surface area contributed by atoms with E-state index in [1.54, 1.807) is 16.8 Å². The first-order valence-corrected chi connectivity index (χ1v) is 6.90. The van der Waals surface area contributed by atoms with E-state index in [9.17, 15) is 9.59 Å². The smallest absolute Gasteiger partial charge is 0.241 e. The molecule has 0 radical (unpaired) electrons. The molecule has 0 unspecified atom stereocenters. The molecule has 18 heavy (non-hydrogen) atoms. The largest absolute Gasteiger partial charge is 0.342 e. The third-order valence-corrected chi connectivity index (χ3v) is 3.73. The van der Waals surface area contributed by atoms with Gasteiger partial charge in [0.15, 0.2) is 0 Å². The maximum absolute atomic E-state index is 12.1. The van der Waals surface area contributed by atoms with E-state index >= 15 is 0 Å². The number of benzene rings is 1. The molecule has 96 valence electrons. The highest BCUT2D eigenvalue weighted by Gasteiger charge is 2.24. The molecule has 1 aliphatic heterocycles. The van der Waals surface area contributed by atoms with Crippen LogP contribution < -0.4 is 0 Å². The molecule has 0 aliphatic carbocycles. The van der Waals surface area contributed by atoms with Gasteiger partial charge in [0.25, 0.3) is 0 Å². The fourth-order valence-corrected chi connectivity index (χ4v) is 2.51. The molecule has 1 aliphatic rings. The zero-order valence-electron chi connectivity index (χ0n) is 10.2. The van der Waals surface area contributed by atoms with Gasteiger partial charge in [-0.1, -0.05) is 12.1 Å². The van der Waals surface area contributed by atoms with Crippen molar-refractivity contribution < 1.29 is 9.59 Å². The summed E-state index contributed by atoms with van der Waals surface area (Å²) in [6.45, 7) is 1.46. The fraction of sp³-hybridized carbons (Fsp3) is 0.385. The van der Waals surface area contributed by atoms with E-state index in [2.05, 4.69) is 22.6 Å². The average Bonchev–Trinajstić information content (AvgIpc) is 2.32. The molecular formula is C13H15IN2O2. The number of amides is 2. The summed E-state index contributed by atoms with van der Waals surface area (Å²) in [6, 6.07) is 7.88. The van der Waals surface area contributed by atoms with Crippen molar-refractivity contribution in [2.45, 2.75) is 6.42 Å². The van der Waals surface area contributed by atoms with E-state index in [0.717, 1.165) is 9.13 Å². The number of carbonyl (C=O) groups is 2. The van der Waals surface area contributed by atoms with Gasteiger partial charge in [0, 0.05) is 23.7 Å². The lowest BCUT2D eigenvalue weighted by Crippen LogP contribution is -2.51. The minimum Gasteiger partial charge on any atom is -0.342 e. The first kappa shape index (κ1) is 13.3. The number of hydrogen-bond donors (Lipinski definition) is 0. The van der Waals surface area contributed by atoms with Crippen LogP contribution in [0.1, 0.15) is 5.56 Å². The summed E-state index contributed by atoms with van der Waals surface area (Å²) >= 11 is 2.23. The average molecular weight is 358 g/mol. The summed E-state index contributed by atoms with van der Waals surface area (Å²) in [4.78, 5) is 26.9. The molecule has 2 rings (SSSR count). The van der Waals surface area contributed by atoms with Gasteiger partial charge in [0.1, 0.15) is 0 Å². The highest BCUT2D eigenvalue weighted by molar-refractivity contribution is 14.1. The van der Waals surface area contributed by atoms with Gasteiger partial charge >= 0.3 is 0 Å². The van der Waals surface area contributed by atoms with Crippen LogP contribution in [0.2, 0.25) is 0 Å². The minimum atomic E-state index is 0.0113. The molecule has 1 aromatic carbocycles. The van der Waals surface area contributed by atoms with Crippen molar-refractivity contribution in [2.24, 2.45) is 0 Å². The molecule has 0 N–H and O–H groups in total. The van der Waals surface area contributed by atoms with Gasteiger partial charge in [-0.3, -0.25) is 9.59 Å². The molecule has 1 fully saturated rings. The quantitative estimate of drug-likeness (QED) is 0.744. The molecule has 0 saturated carbocycles. The van der Waals surface area contributed by atoms with Gasteiger partial charge < -0.3 is 9.80 Å². The Morgan fingerprint density at radius 2 is 2.17 bits per heavy atom. The van der Waals surface area contributed by atoms with E-state index < -0.39 is 0 Å². The Balaban J connectivity index is 1.98. The number of halogens is 1. The number of nitrogens with zero attached hydrogens (tertiary/aromatic N) is 2. The molecule has 1 heterocycles. The minimum absolute atomic E-state index is 0.0113. The summed E-state index contributed by atoms with van der Waals surface area (Å²) in [5.74, 6) is 0.0377. The first-order chi connectivity index (χ1) is 8.56. The number of rotatable bonds is 2. The van der Waals surface area contributed by atoms with Crippen molar-refractivity contribution >= 4 is 34.4 Å². The van der Waals surface area contributed by atoms with Crippen LogP contribution in [-0.4, -0.2) is 48.3 Å². The Bertz CT molecular complexity index is 476. The molecule has 1 aromatic rings. The molecule has 0 bridgehead atoms.